The lowest BCUT2D eigenvalue weighted by atomic mass is 10.2. The van der Waals surface area contributed by atoms with Crippen LogP contribution in [0.1, 0.15) is 20.3 Å². The molecule has 1 amide bonds. The molecule has 0 aliphatic rings. The van der Waals surface area contributed by atoms with Gasteiger partial charge in [-0.25, -0.2) is 0 Å². The Kier molecular flexibility index (Phi) is 6.48. The number of benzene rings is 1. The third-order valence-corrected chi connectivity index (χ3v) is 4.84. The Morgan fingerprint density at radius 3 is 2.86 bits per heavy atom. The van der Waals surface area contributed by atoms with Crippen LogP contribution in [-0.2, 0) is 4.79 Å². The molecule has 0 bridgehead atoms. The molecule has 8 heteroatoms. The average molecular weight is 358 g/mol. The van der Waals surface area contributed by atoms with Gasteiger partial charge in [0, 0.05) is 0 Å². The Balaban J connectivity index is 2.00. The molecular weight excluding hydrogens is 342 g/mol. The van der Waals surface area contributed by atoms with Crippen LogP contribution in [-0.4, -0.2) is 28.0 Å². The number of hydrogen-bond acceptors (Lipinski definition) is 6. The minimum absolute atomic E-state index is 0.258. The number of amides is 1. The Hall–Kier alpha value is -1.31. The summed E-state index contributed by atoms with van der Waals surface area (Å²) in [5.74, 6) is 1.15. The molecule has 118 valence electrons. The van der Waals surface area contributed by atoms with Crippen LogP contribution in [0.4, 0.5) is 5.13 Å². The second-order valence-electron chi connectivity index (χ2n) is 4.24. The third kappa shape index (κ3) is 4.59. The molecule has 0 aliphatic carbocycles. The molecule has 1 aromatic carbocycles. The van der Waals surface area contributed by atoms with Crippen molar-refractivity contribution in [2.24, 2.45) is 0 Å². The minimum Gasteiger partial charge on any atom is -0.479 e. The number of ether oxygens (including phenoxy) is 1. The van der Waals surface area contributed by atoms with Gasteiger partial charge in [-0.05, 0) is 24.3 Å². The van der Waals surface area contributed by atoms with E-state index in [1.54, 1.807) is 23.9 Å². The van der Waals surface area contributed by atoms with E-state index in [1.165, 1.54) is 11.3 Å². The molecule has 1 atom stereocenters. The molecule has 0 saturated heterocycles. The number of para-hydroxylation sites is 1. The van der Waals surface area contributed by atoms with Gasteiger partial charge in [0.05, 0.1) is 5.02 Å². The van der Waals surface area contributed by atoms with E-state index in [0.29, 0.717) is 22.3 Å². The molecule has 2 rings (SSSR count). The maximum atomic E-state index is 12.3. The van der Waals surface area contributed by atoms with Gasteiger partial charge in [-0.15, -0.1) is 10.2 Å². The lowest BCUT2D eigenvalue weighted by Gasteiger charge is -2.17. The highest BCUT2D eigenvalue weighted by atomic mass is 35.5. The summed E-state index contributed by atoms with van der Waals surface area (Å²) in [7, 11) is 0. The third-order valence-electron chi connectivity index (χ3n) is 2.67. The van der Waals surface area contributed by atoms with Gasteiger partial charge in [0.1, 0.15) is 5.75 Å². The maximum absolute atomic E-state index is 12.3. The number of nitrogens with one attached hydrogen (secondary N) is 1. The zero-order valence-electron chi connectivity index (χ0n) is 12.2. The number of carbonyl (C=O) groups excluding carboxylic acids is 1. The van der Waals surface area contributed by atoms with Gasteiger partial charge in [0.15, 0.2) is 10.4 Å². The van der Waals surface area contributed by atoms with Crippen LogP contribution in [0.15, 0.2) is 28.6 Å². The van der Waals surface area contributed by atoms with Crippen molar-refractivity contribution < 1.29 is 9.53 Å². The van der Waals surface area contributed by atoms with Crippen LogP contribution in [0.3, 0.4) is 0 Å². The van der Waals surface area contributed by atoms with Gasteiger partial charge >= 0.3 is 0 Å². The van der Waals surface area contributed by atoms with Crippen molar-refractivity contribution in [1.29, 1.82) is 0 Å². The predicted octanol–water partition coefficient (Wildman–Crippen LogP) is 4.10. The Morgan fingerprint density at radius 2 is 2.18 bits per heavy atom. The van der Waals surface area contributed by atoms with Crippen LogP contribution in [0.5, 0.6) is 5.75 Å². The number of carbonyl (C=O) groups is 1. The molecule has 0 fully saturated rings. The predicted molar refractivity (Wildman–Crippen MR) is 91.1 cm³/mol. The summed E-state index contributed by atoms with van der Waals surface area (Å²) in [6.07, 6.45) is -0.113. The number of aromatic nitrogens is 2. The van der Waals surface area contributed by atoms with Crippen molar-refractivity contribution in [3.63, 3.8) is 0 Å². The van der Waals surface area contributed by atoms with Gasteiger partial charge in [0.2, 0.25) is 5.13 Å². The lowest BCUT2D eigenvalue weighted by Crippen LogP contribution is -2.32. The van der Waals surface area contributed by atoms with Crippen LogP contribution >= 0.6 is 34.7 Å². The van der Waals surface area contributed by atoms with Crippen molar-refractivity contribution >= 4 is 45.7 Å². The zero-order valence-corrected chi connectivity index (χ0v) is 14.6. The van der Waals surface area contributed by atoms with Crippen LogP contribution in [0, 0.1) is 0 Å². The summed E-state index contributed by atoms with van der Waals surface area (Å²) in [4.78, 5) is 12.3. The molecule has 0 radical (unpaired) electrons. The van der Waals surface area contributed by atoms with E-state index in [9.17, 15) is 4.79 Å². The van der Waals surface area contributed by atoms with Crippen molar-refractivity contribution in [1.82, 2.24) is 10.2 Å². The van der Waals surface area contributed by atoms with E-state index >= 15 is 0 Å². The molecular formula is C14H16ClN3O2S2. The summed E-state index contributed by atoms with van der Waals surface area (Å²) in [6, 6.07) is 7.08. The van der Waals surface area contributed by atoms with E-state index < -0.39 is 6.10 Å². The molecule has 0 spiro atoms. The maximum Gasteiger partial charge on any atom is 0.267 e. The Labute approximate surface area is 142 Å². The first kappa shape index (κ1) is 17.1. The summed E-state index contributed by atoms with van der Waals surface area (Å²) >= 11 is 8.99. The van der Waals surface area contributed by atoms with Gasteiger partial charge in [0.25, 0.3) is 5.91 Å². The second-order valence-corrected chi connectivity index (χ2v) is 7.14. The smallest absolute Gasteiger partial charge is 0.267 e. The van der Waals surface area contributed by atoms with Gasteiger partial charge < -0.3 is 4.74 Å². The molecule has 1 heterocycles. The van der Waals surface area contributed by atoms with Crippen LogP contribution in [0.25, 0.3) is 0 Å². The van der Waals surface area contributed by atoms with E-state index in [0.717, 1.165) is 10.1 Å². The molecule has 22 heavy (non-hydrogen) atoms. The molecule has 1 N–H and O–H groups in total. The van der Waals surface area contributed by atoms with E-state index in [2.05, 4.69) is 15.5 Å². The molecule has 5 nitrogen and oxygen atoms in total. The fraction of sp³-hybridized carbons (Fsp3) is 0.357. The number of thioether (sulfide) groups is 1. The fourth-order valence-corrected chi connectivity index (χ4v) is 3.48. The summed E-state index contributed by atoms with van der Waals surface area (Å²) in [5, 5.41) is 11.6. The largest absolute Gasteiger partial charge is 0.479 e. The highest BCUT2D eigenvalue weighted by Gasteiger charge is 2.21. The van der Waals surface area contributed by atoms with Crippen LogP contribution < -0.4 is 10.1 Å². The zero-order chi connectivity index (χ0) is 15.9. The van der Waals surface area contributed by atoms with E-state index in [1.807, 2.05) is 26.0 Å². The lowest BCUT2D eigenvalue weighted by molar-refractivity contribution is -0.122. The second kappa shape index (κ2) is 8.36. The highest BCUT2D eigenvalue weighted by molar-refractivity contribution is 8.01. The number of hydrogen-bond donors (Lipinski definition) is 1. The first-order valence-electron chi connectivity index (χ1n) is 6.82. The summed E-state index contributed by atoms with van der Waals surface area (Å²) in [5.41, 5.74) is 0. The Bertz CT molecular complexity index is 636. The number of halogens is 1. The van der Waals surface area contributed by atoms with Crippen molar-refractivity contribution in [3.8, 4) is 5.75 Å². The fourth-order valence-electron chi connectivity index (χ4n) is 1.64. The highest BCUT2D eigenvalue weighted by Crippen LogP contribution is 2.27. The van der Waals surface area contributed by atoms with Crippen molar-refractivity contribution in [2.45, 2.75) is 30.7 Å². The molecule has 0 aliphatic heterocycles. The van der Waals surface area contributed by atoms with Gasteiger partial charge in [-0.1, -0.05) is 60.7 Å². The Morgan fingerprint density at radius 1 is 1.41 bits per heavy atom. The molecule has 2 aromatic rings. The number of nitrogens with zero attached hydrogens (tertiary/aromatic N) is 2. The quantitative estimate of drug-likeness (QED) is 0.597. The van der Waals surface area contributed by atoms with Gasteiger partial charge in [-0.2, -0.15) is 0 Å². The van der Waals surface area contributed by atoms with E-state index in [4.69, 9.17) is 16.3 Å². The van der Waals surface area contributed by atoms with Crippen molar-refractivity contribution in [2.75, 3.05) is 11.1 Å². The van der Waals surface area contributed by atoms with Crippen molar-refractivity contribution in [3.05, 3.63) is 29.3 Å². The van der Waals surface area contributed by atoms with E-state index in [-0.39, 0.29) is 5.91 Å². The number of rotatable bonds is 7. The SMILES string of the molecule is CCSc1nnc(NC(=O)C(CC)Oc2ccccc2Cl)s1. The average Bonchev–Trinajstić information content (AvgIpc) is 2.94. The molecule has 1 aromatic heterocycles. The first-order valence-corrected chi connectivity index (χ1v) is 9.00. The normalized spacial score (nSPS) is 12.0. The summed E-state index contributed by atoms with van der Waals surface area (Å²) in [6.45, 7) is 3.91. The number of anilines is 1. The summed E-state index contributed by atoms with van der Waals surface area (Å²) < 4.78 is 6.52. The first-order chi connectivity index (χ1) is 10.6. The van der Waals surface area contributed by atoms with Gasteiger partial charge in [-0.3, -0.25) is 10.1 Å². The standard InChI is InChI=1S/C14H16ClN3O2S2/c1-3-10(20-11-8-6-5-7-9(11)15)12(19)16-13-17-18-14(22-13)21-4-2/h5-8,10H,3-4H2,1-2H3,(H,16,17,19). The molecule has 0 saturated carbocycles. The topological polar surface area (TPSA) is 64.1 Å². The van der Waals surface area contributed by atoms with Crippen LogP contribution in [0.2, 0.25) is 5.02 Å². The minimum atomic E-state index is -0.633. The monoisotopic (exact) mass is 357 g/mol. The molecule has 1 unspecified atom stereocenters.